The summed E-state index contributed by atoms with van der Waals surface area (Å²) in [6.07, 6.45) is 2.89. The van der Waals surface area contributed by atoms with Gasteiger partial charge in [-0.3, -0.25) is 5.41 Å². The van der Waals surface area contributed by atoms with E-state index in [9.17, 15) is 4.39 Å². The van der Waals surface area contributed by atoms with E-state index in [4.69, 9.17) is 11.1 Å². The second kappa shape index (κ2) is 5.41. The molecule has 0 unspecified atom stereocenters. The highest BCUT2D eigenvalue weighted by atomic mass is 79.9. The number of rotatable bonds is 3. The van der Waals surface area contributed by atoms with E-state index in [-0.39, 0.29) is 10.3 Å². The Morgan fingerprint density at radius 3 is 2.90 bits per heavy atom. The van der Waals surface area contributed by atoms with E-state index in [2.05, 4.69) is 35.9 Å². The third-order valence-corrected chi connectivity index (χ3v) is 4.55. The van der Waals surface area contributed by atoms with Crippen molar-refractivity contribution >= 4 is 44.7 Å². The number of aromatic amines is 1. The van der Waals surface area contributed by atoms with Gasteiger partial charge in [0.2, 0.25) is 0 Å². The standard InChI is InChI=1S/C12H8BrFN6S/c13-7-5(10(15)16)1-2-6(8(7)14)21-12-9-11(18-3-17-9)19-4-20-12/h1-4H,(H3,15,16)(H,17,18,19,20). The van der Waals surface area contributed by atoms with Crippen LogP contribution in [0.25, 0.3) is 11.2 Å². The van der Waals surface area contributed by atoms with Crippen LogP contribution in [0.1, 0.15) is 5.56 Å². The molecule has 0 bridgehead atoms. The van der Waals surface area contributed by atoms with Crippen molar-refractivity contribution < 1.29 is 4.39 Å². The zero-order chi connectivity index (χ0) is 15.0. The fourth-order valence-electron chi connectivity index (χ4n) is 1.74. The molecule has 0 aliphatic rings. The van der Waals surface area contributed by atoms with Crippen LogP contribution in [0.15, 0.2) is 39.2 Å². The number of nitrogens with one attached hydrogen (secondary N) is 2. The van der Waals surface area contributed by atoms with Crippen LogP contribution in [0.4, 0.5) is 4.39 Å². The van der Waals surface area contributed by atoms with Gasteiger partial charge in [0.15, 0.2) is 11.5 Å². The number of aromatic nitrogens is 4. The van der Waals surface area contributed by atoms with Crippen molar-refractivity contribution in [1.82, 2.24) is 19.9 Å². The van der Waals surface area contributed by atoms with Crippen LogP contribution in [-0.2, 0) is 0 Å². The summed E-state index contributed by atoms with van der Waals surface area (Å²) in [5.74, 6) is -0.686. The molecule has 2 heterocycles. The molecule has 0 saturated carbocycles. The monoisotopic (exact) mass is 366 g/mol. The van der Waals surface area contributed by atoms with Crippen LogP contribution in [-0.4, -0.2) is 25.8 Å². The number of hydrogen-bond donors (Lipinski definition) is 3. The summed E-state index contributed by atoms with van der Waals surface area (Å²) in [7, 11) is 0. The molecule has 6 nitrogen and oxygen atoms in total. The highest BCUT2D eigenvalue weighted by Crippen LogP contribution is 2.35. The summed E-state index contributed by atoms with van der Waals surface area (Å²) in [6.45, 7) is 0. The topological polar surface area (TPSA) is 104 Å². The molecule has 0 atom stereocenters. The Morgan fingerprint density at radius 2 is 2.14 bits per heavy atom. The number of hydrogen-bond acceptors (Lipinski definition) is 5. The first-order valence-electron chi connectivity index (χ1n) is 5.72. The molecule has 9 heteroatoms. The summed E-state index contributed by atoms with van der Waals surface area (Å²) >= 11 is 4.27. The lowest BCUT2D eigenvalue weighted by molar-refractivity contribution is 0.594. The lowest BCUT2D eigenvalue weighted by atomic mass is 10.2. The Hall–Kier alpha value is -2.00. The number of halogens is 2. The quantitative estimate of drug-likeness (QED) is 0.375. The van der Waals surface area contributed by atoms with Crippen molar-refractivity contribution in [3.05, 3.63) is 40.6 Å². The highest BCUT2D eigenvalue weighted by molar-refractivity contribution is 9.10. The van der Waals surface area contributed by atoms with Gasteiger partial charge in [0.25, 0.3) is 0 Å². The van der Waals surface area contributed by atoms with E-state index in [0.717, 1.165) is 11.8 Å². The van der Waals surface area contributed by atoms with E-state index in [1.807, 2.05) is 0 Å². The third-order valence-electron chi connectivity index (χ3n) is 2.73. The minimum atomic E-state index is -0.487. The molecule has 0 spiro atoms. The van der Waals surface area contributed by atoms with Crippen LogP contribution < -0.4 is 5.73 Å². The number of nitrogen functional groups attached to an aromatic ring is 1. The molecule has 3 rings (SSSR count). The maximum absolute atomic E-state index is 14.3. The smallest absolute Gasteiger partial charge is 0.181 e. The predicted molar refractivity (Wildman–Crippen MR) is 80.9 cm³/mol. The van der Waals surface area contributed by atoms with E-state index in [0.29, 0.717) is 26.6 Å². The summed E-state index contributed by atoms with van der Waals surface area (Å²) in [5, 5.41) is 7.96. The summed E-state index contributed by atoms with van der Waals surface area (Å²) in [6, 6.07) is 3.15. The molecule has 1 aromatic carbocycles. The van der Waals surface area contributed by atoms with Gasteiger partial charge in [-0.1, -0.05) is 11.8 Å². The minimum Gasteiger partial charge on any atom is -0.384 e. The van der Waals surface area contributed by atoms with Crippen LogP contribution >= 0.6 is 27.7 Å². The van der Waals surface area contributed by atoms with Crippen LogP contribution in [0.3, 0.4) is 0 Å². The van der Waals surface area contributed by atoms with E-state index in [1.165, 1.54) is 12.7 Å². The second-order valence-corrected chi connectivity index (χ2v) is 5.86. The lowest BCUT2D eigenvalue weighted by Gasteiger charge is -2.08. The lowest BCUT2D eigenvalue weighted by Crippen LogP contribution is -2.12. The van der Waals surface area contributed by atoms with Crippen molar-refractivity contribution in [2.75, 3.05) is 0 Å². The van der Waals surface area contributed by atoms with Crippen molar-refractivity contribution in [3.63, 3.8) is 0 Å². The largest absolute Gasteiger partial charge is 0.384 e. The van der Waals surface area contributed by atoms with Gasteiger partial charge in [0.05, 0.1) is 15.7 Å². The van der Waals surface area contributed by atoms with Gasteiger partial charge < -0.3 is 10.7 Å². The highest BCUT2D eigenvalue weighted by Gasteiger charge is 2.16. The Balaban J connectivity index is 2.04. The summed E-state index contributed by atoms with van der Waals surface area (Å²) < 4.78 is 14.5. The average Bonchev–Trinajstić information content (AvgIpc) is 2.93. The van der Waals surface area contributed by atoms with Gasteiger partial charge in [0, 0.05) is 5.56 Å². The van der Waals surface area contributed by atoms with Gasteiger partial charge in [-0.05, 0) is 28.1 Å². The van der Waals surface area contributed by atoms with E-state index < -0.39 is 5.82 Å². The van der Waals surface area contributed by atoms with Gasteiger partial charge in [0.1, 0.15) is 22.7 Å². The Morgan fingerprint density at radius 1 is 1.33 bits per heavy atom. The summed E-state index contributed by atoms with van der Waals surface area (Å²) in [5.41, 5.74) is 6.87. The first kappa shape index (κ1) is 14.0. The van der Waals surface area contributed by atoms with E-state index in [1.54, 1.807) is 12.1 Å². The number of benzene rings is 1. The molecule has 0 radical (unpaired) electrons. The molecule has 2 aromatic heterocycles. The normalized spacial score (nSPS) is 11.0. The van der Waals surface area contributed by atoms with Crippen LogP contribution in [0, 0.1) is 11.2 Å². The summed E-state index contributed by atoms with van der Waals surface area (Å²) in [4.78, 5) is 15.5. The van der Waals surface area contributed by atoms with E-state index >= 15 is 0 Å². The predicted octanol–water partition coefficient (Wildman–Crippen LogP) is 2.69. The molecule has 21 heavy (non-hydrogen) atoms. The first-order chi connectivity index (χ1) is 10.1. The molecule has 4 N–H and O–H groups in total. The minimum absolute atomic E-state index is 0.162. The zero-order valence-corrected chi connectivity index (χ0v) is 12.8. The molecule has 0 fully saturated rings. The Kier molecular flexibility index (Phi) is 3.60. The molecule has 0 aliphatic carbocycles. The number of H-pyrrole nitrogens is 1. The number of fused-ring (bicyclic) bond motifs is 1. The van der Waals surface area contributed by atoms with Crippen LogP contribution in [0.5, 0.6) is 0 Å². The molecule has 0 amide bonds. The van der Waals surface area contributed by atoms with Gasteiger partial charge in [-0.15, -0.1) is 0 Å². The maximum Gasteiger partial charge on any atom is 0.181 e. The molecule has 3 aromatic rings. The number of amidine groups is 1. The molecule has 0 saturated heterocycles. The SMILES string of the molecule is N=C(N)c1ccc(Sc2ncnc3nc[nH]c23)c(F)c1Br. The van der Waals surface area contributed by atoms with Crippen LogP contribution in [0.2, 0.25) is 0 Å². The van der Waals surface area contributed by atoms with Gasteiger partial charge in [-0.2, -0.15) is 0 Å². The molecule has 0 aliphatic heterocycles. The molecular weight excluding hydrogens is 359 g/mol. The molecule has 106 valence electrons. The van der Waals surface area contributed by atoms with Crippen molar-refractivity contribution in [3.8, 4) is 0 Å². The van der Waals surface area contributed by atoms with Crippen molar-refractivity contribution in [2.45, 2.75) is 9.92 Å². The Labute approximate surface area is 131 Å². The van der Waals surface area contributed by atoms with Crippen molar-refractivity contribution in [1.29, 1.82) is 5.41 Å². The maximum atomic E-state index is 14.3. The second-order valence-electron chi connectivity index (χ2n) is 4.03. The van der Waals surface area contributed by atoms with Crippen molar-refractivity contribution in [2.24, 2.45) is 5.73 Å². The number of imidazole rings is 1. The molecular formula is C12H8BrFN6S. The zero-order valence-electron chi connectivity index (χ0n) is 10.4. The fraction of sp³-hybridized carbons (Fsp3) is 0. The third kappa shape index (κ3) is 2.49. The Bertz CT molecular complexity index is 849. The first-order valence-corrected chi connectivity index (χ1v) is 7.33. The van der Waals surface area contributed by atoms with Gasteiger partial charge >= 0.3 is 0 Å². The van der Waals surface area contributed by atoms with Gasteiger partial charge in [-0.25, -0.2) is 19.3 Å². The fourth-order valence-corrected chi connectivity index (χ4v) is 3.32. The number of nitrogens with two attached hydrogens (primary N) is 1. The number of nitrogens with zero attached hydrogens (tertiary/aromatic N) is 3. The average molecular weight is 367 g/mol.